The molecule has 4 rings (SSSR count). The van der Waals surface area contributed by atoms with Crippen molar-refractivity contribution in [2.24, 2.45) is 0 Å². The molecule has 0 saturated carbocycles. The van der Waals surface area contributed by atoms with E-state index in [0.29, 0.717) is 55.2 Å². The smallest absolute Gasteiger partial charge is 0.321 e. The van der Waals surface area contributed by atoms with Crippen molar-refractivity contribution in [3.05, 3.63) is 29.9 Å². The summed E-state index contributed by atoms with van der Waals surface area (Å²) in [5, 5.41) is 6.89. The lowest BCUT2D eigenvalue weighted by molar-refractivity contribution is 0.151. The third-order valence-electron chi connectivity index (χ3n) is 4.39. The van der Waals surface area contributed by atoms with Gasteiger partial charge in [-0.05, 0) is 18.6 Å². The van der Waals surface area contributed by atoms with Gasteiger partial charge in [0.2, 0.25) is 0 Å². The van der Waals surface area contributed by atoms with Crippen LogP contribution in [0.1, 0.15) is 24.1 Å². The van der Waals surface area contributed by atoms with Crippen LogP contribution in [0, 0.1) is 0 Å². The van der Waals surface area contributed by atoms with Gasteiger partial charge >= 0.3 is 6.03 Å². The number of amides is 2. The molecule has 138 valence electrons. The Hall–Kier alpha value is -2.81. The number of ether oxygens (including phenoxy) is 3. The fraction of sp³-hybridized carbons (Fsp3) is 0.471. The highest BCUT2D eigenvalue weighted by Crippen LogP contribution is 2.33. The second-order valence-electron chi connectivity index (χ2n) is 6.20. The number of hydrogen-bond acceptors (Lipinski definition) is 7. The van der Waals surface area contributed by atoms with Crippen molar-refractivity contribution in [2.75, 3.05) is 38.7 Å². The highest BCUT2D eigenvalue weighted by Gasteiger charge is 2.30. The van der Waals surface area contributed by atoms with Crippen LogP contribution < -0.4 is 14.8 Å². The van der Waals surface area contributed by atoms with Crippen LogP contribution in [-0.2, 0) is 11.3 Å². The molecule has 1 unspecified atom stereocenters. The van der Waals surface area contributed by atoms with Gasteiger partial charge in [-0.1, -0.05) is 5.16 Å². The minimum absolute atomic E-state index is 0.0652. The van der Waals surface area contributed by atoms with Crippen LogP contribution in [0.3, 0.4) is 0 Å². The van der Waals surface area contributed by atoms with Gasteiger partial charge in [0.1, 0.15) is 19.8 Å². The second-order valence-corrected chi connectivity index (χ2v) is 6.20. The number of carbonyl (C=O) groups is 1. The number of fused-ring (bicyclic) bond motifs is 1. The molecule has 0 aliphatic carbocycles. The number of nitrogens with one attached hydrogen (secondary N) is 1. The van der Waals surface area contributed by atoms with Crippen LogP contribution in [0.15, 0.2) is 22.7 Å². The highest BCUT2D eigenvalue weighted by molar-refractivity contribution is 5.90. The van der Waals surface area contributed by atoms with Crippen molar-refractivity contribution in [3.8, 4) is 11.5 Å². The fourth-order valence-corrected chi connectivity index (χ4v) is 3.10. The van der Waals surface area contributed by atoms with Crippen molar-refractivity contribution in [2.45, 2.75) is 18.9 Å². The summed E-state index contributed by atoms with van der Waals surface area (Å²) in [5.41, 5.74) is 0.671. The molecule has 1 saturated heterocycles. The lowest BCUT2D eigenvalue weighted by atomic mass is 10.1. The van der Waals surface area contributed by atoms with E-state index in [0.717, 1.165) is 6.42 Å². The highest BCUT2D eigenvalue weighted by atomic mass is 16.6. The average Bonchev–Trinajstić information content (AvgIpc) is 3.31. The van der Waals surface area contributed by atoms with Gasteiger partial charge in [-0.3, -0.25) is 0 Å². The molecule has 9 nitrogen and oxygen atoms in total. The Balaban J connectivity index is 1.37. The van der Waals surface area contributed by atoms with Gasteiger partial charge in [-0.25, -0.2) is 4.79 Å². The summed E-state index contributed by atoms with van der Waals surface area (Å²) in [6.07, 6.45) is 0.792. The van der Waals surface area contributed by atoms with Gasteiger partial charge in [0.25, 0.3) is 5.89 Å². The van der Waals surface area contributed by atoms with Crippen LogP contribution in [0.2, 0.25) is 0 Å². The summed E-state index contributed by atoms with van der Waals surface area (Å²) in [4.78, 5) is 18.6. The molecule has 1 N–H and O–H groups in total. The predicted octanol–water partition coefficient (Wildman–Crippen LogP) is 2.01. The molecule has 2 aliphatic heterocycles. The van der Waals surface area contributed by atoms with Crippen molar-refractivity contribution < 1.29 is 23.5 Å². The Labute approximate surface area is 150 Å². The van der Waals surface area contributed by atoms with E-state index in [1.165, 1.54) is 0 Å². The lowest BCUT2D eigenvalue weighted by Gasteiger charge is -2.20. The Morgan fingerprint density at radius 1 is 1.35 bits per heavy atom. The molecular weight excluding hydrogens is 340 g/mol. The van der Waals surface area contributed by atoms with Gasteiger partial charge in [0, 0.05) is 37.9 Å². The second kappa shape index (κ2) is 7.20. The van der Waals surface area contributed by atoms with Gasteiger partial charge in [-0.15, -0.1) is 0 Å². The van der Waals surface area contributed by atoms with Gasteiger partial charge in [-0.2, -0.15) is 4.98 Å². The largest absolute Gasteiger partial charge is 0.486 e. The summed E-state index contributed by atoms with van der Waals surface area (Å²) >= 11 is 0. The van der Waals surface area contributed by atoms with Crippen LogP contribution in [-0.4, -0.2) is 54.5 Å². The molecule has 1 aromatic carbocycles. The van der Waals surface area contributed by atoms with E-state index in [1.54, 1.807) is 30.2 Å². The molecule has 0 bridgehead atoms. The third kappa shape index (κ3) is 3.43. The number of benzene rings is 1. The molecule has 1 atom stereocenters. The number of methoxy groups -OCH3 is 1. The number of nitrogens with zero attached hydrogens (tertiary/aromatic N) is 3. The summed E-state index contributed by atoms with van der Waals surface area (Å²) in [5.74, 6) is 2.47. The van der Waals surface area contributed by atoms with Gasteiger partial charge < -0.3 is 29.0 Å². The summed E-state index contributed by atoms with van der Waals surface area (Å²) in [6, 6.07) is 5.21. The van der Waals surface area contributed by atoms with E-state index in [2.05, 4.69) is 15.5 Å². The number of urea groups is 1. The quantitative estimate of drug-likeness (QED) is 0.890. The van der Waals surface area contributed by atoms with E-state index in [1.807, 2.05) is 0 Å². The molecule has 2 aromatic rings. The first kappa shape index (κ1) is 16.6. The predicted molar refractivity (Wildman–Crippen MR) is 90.4 cm³/mol. The summed E-state index contributed by atoms with van der Waals surface area (Å²) in [7, 11) is 1.57. The minimum Gasteiger partial charge on any atom is -0.486 e. The summed E-state index contributed by atoms with van der Waals surface area (Å²) < 4.78 is 21.1. The lowest BCUT2D eigenvalue weighted by Crippen LogP contribution is -2.32. The maximum atomic E-state index is 12.5. The topological polar surface area (TPSA) is 99.0 Å². The molecule has 0 radical (unpaired) electrons. The van der Waals surface area contributed by atoms with Crippen molar-refractivity contribution in [1.29, 1.82) is 0 Å². The molecule has 1 aromatic heterocycles. The number of carbonyl (C=O) groups excluding carboxylic acids is 1. The maximum Gasteiger partial charge on any atom is 0.321 e. The first-order chi connectivity index (χ1) is 12.7. The Morgan fingerprint density at radius 3 is 3.04 bits per heavy atom. The van der Waals surface area contributed by atoms with E-state index >= 15 is 0 Å². The number of anilines is 1. The molecule has 3 heterocycles. The summed E-state index contributed by atoms with van der Waals surface area (Å²) in [6.45, 7) is 2.51. The monoisotopic (exact) mass is 360 g/mol. The number of rotatable bonds is 4. The van der Waals surface area contributed by atoms with Crippen molar-refractivity contribution in [3.63, 3.8) is 0 Å². The number of likely N-dealkylation sites (tertiary alicyclic amines) is 1. The standard InChI is InChI=1S/C17H20N4O5/c1-23-10-15-19-16(20-26-15)11-4-5-21(9-11)17(22)18-12-2-3-13-14(8-12)25-7-6-24-13/h2-3,8,11H,4-7,9-10H2,1H3,(H,18,22). The third-order valence-corrected chi connectivity index (χ3v) is 4.39. The molecule has 1 fully saturated rings. The Morgan fingerprint density at radius 2 is 2.19 bits per heavy atom. The fourth-order valence-electron chi connectivity index (χ4n) is 3.10. The van der Waals surface area contributed by atoms with Crippen LogP contribution in [0.4, 0.5) is 10.5 Å². The molecular formula is C17H20N4O5. The Bertz CT molecular complexity index is 793. The zero-order valence-electron chi connectivity index (χ0n) is 14.4. The van der Waals surface area contributed by atoms with E-state index in [9.17, 15) is 4.79 Å². The number of aromatic nitrogens is 2. The van der Waals surface area contributed by atoms with Gasteiger partial charge in [0.15, 0.2) is 17.3 Å². The first-order valence-corrected chi connectivity index (χ1v) is 8.50. The molecule has 0 spiro atoms. The molecule has 9 heteroatoms. The van der Waals surface area contributed by atoms with E-state index in [-0.39, 0.29) is 18.6 Å². The zero-order valence-corrected chi connectivity index (χ0v) is 14.4. The van der Waals surface area contributed by atoms with Crippen molar-refractivity contribution in [1.82, 2.24) is 15.0 Å². The molecule has 2 aliphatic rings. The van der Waals surface area contributed by atoms with Crippen molar-refractivity contribution >= 4 is 11.7 Å². The molecule has 2 amide bonds. The van der Waals surface area contributed by atoms with Crippen LogP contribution >= 0.6 is 0 Å². The van der Waals surface area contributed by atoms with E-state index < -0.39 is 0 Å². The SMILES string of the molecule is COCc1nc(C2CCN(C(=O)Nc3ccc4c(c3)OCCO4)C2)no1. The minimum atomic E-state index is -0.162. The van der Waals surface area contributed by atoms with Gasteiger partial charge in [0.05, 0.1) is 0 Å². The zero-order chi connectivity index (χ0) is 17.9. The maximum absolute atomic E-state index is 12.5. The average molecular weight is 360 g/mol. The van der Waals surface area contributed by atoms with Crippen LogP contribution in [0.5, 0.6) is 11.5 Å². The number of hydrogen-bond donors (Lipinski definition) is 1. The van der Waals surface area contributed by atoms with Crippen LogP contribution in [0.25, 0.3) is 0 Å². The van der Waals surface area contributed by atoms with E-state index in [4.69, 9.17) is 18.7 Å². The molecule has 26 heavy (non-hydrogen) atoms. The normalized spacial score (nSPS) is 18.8. The Kier molecular flexibility index (Phi) is 4.61. The first-order valence-electron chi connectivity index (χ1n) is 8.50.